The van der Waals surface area contributed by atoms with Crippen molar-refractivity contribution in [1.29, 1.82) is 0 Å². The fraction of sp³-hybridized carbons (Fsp3) is 0.500. The van der Waals surface area contributed by atoms with Crippen LogP contribution >= 0.6 is 0 Å². The van der Waals surface area contributed by atoms with Gasteiger partial charge < -0.3 is 14.2 Å². The van der Waals surface area contributed by atoms with Gasteiger partial charge in [-0.1, -0.05) is 30.3 Å². The van der Waals surface area contributed by atoms with Crippen LogP contribution in [-0.4, -0.2) is 31.8 Å². The zero-order valence-electron chi connectivity index (χ0n) is 12.4. The summed E-state index contributed by atoms with van der Waals surface area (Å²) in [6, 6.07) is 9.97. The largest absolute Gasteiger partial charge is 0.466 e. The molecule has 0 saturated carbocycles. The van der Waals surface area contributed by atoms with Crippen LogP contribution in [0.15, 0.2) is 30.3 Å². The molecule has 0 unspecified atom stereocenters. The number of carbonyl (C=O) groups is 2. The van der Waals surface area contributed by atoms with Gasteiger partial charge in [0.05, 0.1) is 19.6 Å². The first-order chi connectivity index (χ1) is 10.2. The van der Waals surface area contributed by atoms with E-state index < -0.39 is 5.97 Å². The third-order valence-electron chi connectivity index (χ3n) is 2.67. The number of hydrogen-bond donors (Lipinski definition) is 0. The van der Waals surface area contributed by atoms with Crippen LogP contribution in [0.25, 0.3) is 0 Å². The summed E-state index contributed by atoms with van der Waals surface area (Å²) >= 11 is 0. The van der Waals surface area contributed by atoms with Crippen LogP contribution in [0.1, 0.15) is 31.7 Å². The highest BCUT2D eigenvalue weighted by molar-refractivity contribution is 5.70. The molecule has 5 nitrogen and oxygen atoms in total. The molecule has 0 heterocycles. The molecule has 21 heavy (non-hydrogen) atoms. The van der Waals surface area contributed by atoms with Crippen LogP contribution in [0, 0.1) is 0 Å². The van der Waals surface area contributed by atoms with Crippen molar-refractivity contribution in [3.8, 4) is 0 Å². The molecular formula is C16H22O5. The quantitative estimate of drug-likeness (QED) is 0.490. The summed E-state index contributed by atoms with van der Waals surface area (Å²) in [5.41, 5.74) is 1.15. The van der Waals surface area contributed by atoms with Crippen LogP contribution in [0.4, 0.5) is 0 Å². The first-order valence-corrected chi connectivity index (χ1v) is 7.09. The lowest BCUT2D eigenvalue weighted by atomic mass is 10.2. The predicted molar refractivity (Wildman–Crippen MR) is 77.5 cm³/mol. The molecule has 1 aromatic rings. The maximum atomic E-state index is 11.3. The van der Waals surface area contributed by atoms with E-state index in [9.17, 15) is 9.59 Å². The zero-order chi connectivity index (χ0) is 15.3. The van der Waals surface area contributed by atoms with E-state index in [4.69, 9.17) is 9.47 Å². The standard InChI is InChI=1S/C16H22O5/c1-14(17)20-12-9-16(18)21-11-6-5-10-19-13-15-7-3-2-4-8-15/h2-4,7-8H,5-6,9-13H2,1H3. The van der Waals surface area contributed by atoms with Crippen LogP contribution in [0.5, 0.6) is 0 Å². The molecule has 116 valence electrons. The Hall–Kier alpha value is -1.88. The van der Waals surface area contributed by atoms with Crippen LogP contribution in [-0.2, 0) is 30.4 Å². The van der Waals surface area contributed by atoms with Crippen LogP contribution < -0.4 is 0 Å². The van der Waals surface area contributed by atoms with E-state index in [-0.39, 0.29) is 19.0 Å². The van der Waals surface area contributed by atoms with E-state index in [0.29, 0.717) is 19.8 Å². The molecule has 0 atom stereocenters. The number of esters is 2. The molecule has 0 aliphatic carbocycles. The minimum Gasteiger partial charge on any atom is -0.466 e. The van der Waals surface area contributed by atoms with Gasteiger partial charge in [-0.15, -0.1) is 0 Å². The lowest BCUT2D eigenvalue weighted by Gasteiger charge is -2.06. The topological polar surface area (TPSA) is 61.8 Å². The third kappa shape index (κ3) is 9.62. The summed E-state index contributed by atoms with van der Waals surface area (Å²) in [6.07, 6.45) is 1.70. The van der Waals surface area contributed by atoms with E-state index >= 15 is 0 Å². The van der Waals surface area contributed by atoms with Crippen LogP contribution in [0.3, 0.4) is 0 Å². The monoisotopic (exact) mass is 294 g/mol. The molecule has 0 bridgehead atoms. The van der Waals surface area contributed by atoms with Gasteiger partial charge in [0.25, 0.3) is 0 Å². The Morgan fingerprint density at radius 3 is 2.38 bits per heavy atom. The fourth-order valence-corrected chi connectivity index (χ4v) is 1.61. The molecule has 0 amide bonds. The van der Waals surface area contributed by atoms with Crippen molar-refractivity contribution >= 4 is 11.9 Å². The van der Waals surface area contributed by atoms with E-state index in [1.54, 1.807) is 0 Å². The van der Waals surface area contributed by atoms with Crippen molar-refractivity contribution in [2.24, 2.45) is 0 Å². The Morgan fingerprint density at radius 2 is 1.67 bits per heavy atom. The molecule has 0 aromatic heterocycles. The molecule has 1 aromatic carbocycles. The van der Waals surface area contributed by atoms with E-state index in [1.807, 2.05) is 30.3 Å². The Morgan fingerprint density at radius 1 is 0.952 bits per heavy atom. The Labute approximate surface area is 125 Å². The average Bonchev–Trinajstić information content (AvgIpc) is 2.47. The number of carbonyl (C=O) groups excluding carboxylic acids is 2. The van der Waals surface area contributed by atoms with Crippen molar-refractivity contribution in [2.75, 3.05) is 19.8 Å². The third-order valence-corrected chi connectivity index (χ3v) is 2.67. The number of unbranched alkanes of at least 4 members (excludes halogenated alkanes) is 1. The highest BCUT2D eigenvalue weighted by Crippen LogP contribution is 2.02. The smallest absolute Gasteiger partial charge is 0.309 e. The van der Waals surface area contributed by atoms with Gasteiger partial charge >= 0.3 is 11.9 Å². The maximum Gasteiger partial charge on any atom is 0.309 e. The Kier molecular flexibility index (Phi) is 8.88. The summed E-state index contributed by atoms with van der Waals surface area (Å²) in [5.74, 6) is -0.736. The van der Waals surface area contributed by atoms with Gasteiger partial charge in [0.1, 0.15) is 6.61 Å². The Bertz CT molecular complexity index is 416. The second kappa shape index (κ2) is 10.9. The molecule has 0 fully saturated rings. The number of hydrogen-bond acceptors (Lipinski definition) is 5. The molecule has 5 heteroatoms. The molecule has 0 aliphatic rings. The molecular weight excluding hydrogens is 272 g/mol. The van der Waals surface area contributed by atoms with Crippen molar-refractivity contribution in [3.05, 3.63) is 35.9 Å². The predicted octanol–water partition coefficient (Wildman–Crippen LogP) is 2.48. The molecule has 0 aliphatic heterocycles. The minimum absolute atomic E-state index is 0.0777. The average molecular weight is 294 g/mol. The zero-order valence-corrected chi connectivity index (χ0v) is 12.4. The van der Waals surface area contributed by atoms with E-state index in [0.717, 1.165) is 18.4 Å². The van der Waals surface area contributed by atoms with Crippen molar-refractivity contribution in [2.45, 2.75) is 32.8 Å². The molecule has 1 rings (SSSR count). The SMILES string of the molecule is CC(=O)OCCC(=O)OCCCCOCc1ccccc1. The van der Waals surface area contributed by atoms with Crippen molar-refractivity contribution < 1.29 is 23.8 Å². The Balaban J connectivity index is 1.90. The van der Waals surface area contributed by atoms with E-state index in [1.165, 1.54) is 6.92 Å². The number of ether oxygens (including phenoxy) is 3. The number of rotatable bonds is 10. The van der Waals surface area contributed by atoms with Crippen molar-refractivity contribution in [1.82, 2.24) is 0 Å². The summed E-state index contributed by atoms with van der Waals surface area (Å²) < 4.78 is 15.2. The van der Waals surface area contributed by atoms with Gasteiger partial charge in [-0.2, -0.15) is 0 Å². The molecule has 0 spiro atoms. The molecule has 0 N–H and O–H groups in total. The lowest BCUT2D eigenvalue weighted by molar-refractivity contribution is -0.148. The van der Waals surface area contributed by atoms with Gasteiger partial charge in [-0.25, -0.2) is 0 Å². The summed E-state index contributed by atoms with van der Waals surface area (Å²) in [4.78, 5) is 21.8. The van der Waals surface area contributed by atoms with Gasteiger partial charge in [0, 0.05) is 13.5 Å². The first-order valence-electron chi connectivity index (χ1n) is 7.09. The summed E-state index contributed by atoms with van der Waals surface area (Å²) in [6.45, 7) is 2.99. The normalized spacial score (nSPS) is 10.1. The lowest BCUT2D eigenvalue weighted by Crippen LogP contribution is -2.11. The van der Waals surface area contributed by atoms with Gasteiger partial charge in [-0.3, -0.25) is 9.59 Å². The highest BCUT2D eigenvalue weighted by atomic mass is 16.5. The first kappa shape index (κ1) is 17.2. The summed E-state index contributed by atoms with van der Waals surface area (Å²) in [5, 5.41) is 0. The molecule has 0 radical (unpaired) electrons. The molecule has 0 saturated heterocycles. The van der Waals surface area contributed by atoms with Gasteiger partial charge in [0.15, 0.2) is 0 Å². The highest BCUT2D eigenvalue weighted by Gasteiger charge is 2.03. The summed E-state index contributed by atoms with van der Waals surface area (Å²) in [7, 11) is 0. The van der Waals surface area contributed by atoms with E-state index in [2.05, 4.69) is 4.74 Å². The van der Waals surface area contributed by atoms with Crippen LogP contribution in [0.2, 0.25) is 0 Å². The second-order valence-electron chi connectivity index (χ2n) is 4.56. The fourth-order valence-electron chi connectivity index (χ4n) is 1.61. The minimum atomic E-state index is -0.390. The van der Waals surface area contributed by atoms with Gasteiger partial charge in [0.2, 0.25) is 0 Å². The second-order valence-corrected chi connectivity index (χ2v) is 4.56. The van der Waals surface area contributed by atoms with Gasteiger partial charge in [-0.05, 0) is 18.4 Å². The maximum absolute atomic E-state index is 11.3. The van der Waals surface area contributed by atoms with Crippen molar-refractivity contribution in [3.63, 3.8) is 0 Å². The number of benzene rings is 1.